The van der Waals surface area contributed by atoms with Crippen molar-refractivity contribution < 1.29 is 9.59 Å². The van der Waals surface area contributed by atoms with Gasteiger partial charge in [-0.2, -0.15) is 0 Å². The molecule has 0 heterocycles. The Labute approximate surface area is 134 Å². The van der Waals surface area contributed by atoms with Crippen molar-refractivity contribution in [2.24, 2.45) is 17.1 Å². The molecule has 21 heavy (non-hydrogen) atoms. The molecule has 0 aromatic rings. The number of carbonyl (C=O) groups is 2. The van der Waals surface area contributed by atoms with Gasteiger partial charge in [-0.15, -0.1) is 12.4 Å². The number of amides is 2. The number of hydrogen-bond acceptors (Lipinski definition) is 3. The van der Waals surface area contributed by atoms with Crippen molar-refractivity contribution in [3.8, 4) is 0 Å². The molecule has 0 saturated heterocycles. The molecule has 2 amide bonds. The Morgan fingerprint density at radius 3 is 2.29 bits per heavy atom. The first-order valence-electron chi connectivity index (χ1n) is 7.49. The van der Waals surface area contributed by atoms with Gasteiger partial charge in [0.2, 0.25) is 11.8 Å². The summed E-state index contributed by atoms with van der Waals surface area (Å²) in [5, 5.41) is 5.70. The standard InChI is InChI=1S/C15H29N3O2.ClH/c1-14(2,3)13(20)18-10-9-17-12(19)11-7-5-6-8-15(11,4)16;/h11H,5-10,16H2,1-4H3,(H,17,19)(H,18,20);1H. The fraction of sp³-hybridized carbons (Fsp3) is 0.867. The summed E-state index contributed by atoms with van der Waals surface area (Å²) in [4.78, 5) is 23.8. The molecule has 0 bridgehead atoms. The molecule has 2 atom stereocenters. The van der Waals surface area contributed by atoms with Gasteiger partial charge in [-0.3, -0.25) is 9.59 Å². The monoisotopic (exact) mass is 319 g/mol. The van der Waals surface area contributed by atoms with Crippen LogP contribution < -0.4 is 16.4 Å². The van der Waals surface area contributed by atoms with E-state index in [1.165, 1.54) is 0 Å². The predicted octanol–water partition coefficient (Wildman–Crippen LogP) is 1.59. The smallest absolute Gasteiger partial charge is 0.225 e. The molecule has 1 aliphatic rings. The van der Waals surface area contributed by atoms with E-state index >= 15 is 0 Å². The highest BCUT2D eigenvalue weighted by Crippen LogP contribution is 2.31. The van der Waals surface area contributed by atoms with Crippen molar-refractivity contribution in [1.82, 2.24) is 10.6 Å². The van der Waals surface area contributed by atoms with Crippen molar-refractivity contribution in [2.75, 3.05) is 13.1 Å². The third kappa shape index (κ3) is 6.22. The highest BCUT2D eigenvalue weighted by molar-refractivity contribution is 5.85. The summed E-state index contributed by atoms with van der Waals surface area (Å²) < 4.78 is 0. The average Bonchev–Trinajstić information content (AvgIpc) is 2.32. The number of nitrogens with one attached hydrogen (secondary N) is 2. The topological polar surface area (TPSA) is 84.2 Å². The first-order chi connectivity index (χ1) is 9.14. The Kier molecular flexibility index (Phi) is 7.68. The van der Waals surface area contributed by atoms with E-state index in [-0.39, 0.29) is 30.1 Å². The lowest BCUT2D eigenvalue weighted by Gasteiger charge is -2.37. The van der Waals surface area contributed by atoms with Crippen molar-refractivity contribution in [1.29, 1.82) is 0 Å². The van der Waals surface area contributed by atoms with Crippen LogP contribution in [0.5, 0.6) is 0 Å². The number of halogens is 1. The Bertz CT molecular complexity index is 364. The van der Waals surface area contributed by atoms with Gasteiger partial charge >= 0.3 is 0 Å². The van der Waals surface area contributed by atoms with Crippen LogP contribution in [0.3, 0.4) is 0 Å². The second kappa shape index (κ2) is 7.99. The molecule has 2 unspecified atom stereocenters. The number of hydrogen-bond donors (Lipinski definition) is 3. The van der Waals surface area contributed by atoms with Crippen molar-refractivity contribution >= 4 is 24.2 Å². The lowest BCUT2D eigenvalue weighted by Crippen LogP contribution is -2.53. The first kappa shape index (κ1) is 20.2. The maximum absolute atomic E-state index is 12.2. The second-order valence-electron chi connectivity index (χ2n) is 7.10. The van der Waals surface area contributed by atoms with Crippen LogP contribution in [0, 0.1) is 11.3 Å². The SMILES string of the molecule is CC(C)(C)C(=O)NCCNC(=O)C1CCCCC1(C)N.Cl. The third-order valence-electron chi connectivity index (χ3n) is 3.96. The zero-order chi connectivity index (χ0) is 15.4. The Hall–Kier alpha value is -0.810. The van der Waals surface area contributed by atoms with Crippen LogP contribution in [-0.2, 0) is 9.59 Å². The van der Waals surface area contributed by atoms with Gasteiger partial charge in [-0.1, -0.05) is 33.6 Å². The lowest BCUT2D eigenvalue weighted by atomic mass is 9.74. The summed E-state index contributed by atoms with van der Waals surface area (Å²) in [5.74, 6) is -0.109. The molecule has 0 aromatic heterocycles. The largest absolute Gasteiger partial charge is 0.354 e. The highest BCUT2D eigenvalue weighted by Gasteiger charge is 2.37. The van der Waals surface area contributed by atoms with Crippen LogP contribution in [0.1, 0.15) is 53.4 Å². The molecular weight excluding hydrogens is 290 g/mol. The van der Waals surface area contributed by atoms with E-state index in [0.717, 1.165) is 25.7 Å². The van der Waals surface area contributed by atoms with Gasteiger partial charge in [-0.25, -0.2) is 0 Å². The van der Waals surface area contributed by atoms with E-state index in [9.17, 15) is 9.59 Å². The maximum Gasteiger partial charge on any atom is 0.225 e. The molecule has 1 saturated carbocycles. The van der Waals surface area contributed by atoms with Gasteiger partial charge in [0.1, 0.15) is 0 Å². The van der Waals surface area contributed by atoms with E-state index in [1.54, 1.807) is 0 Å². The predicted molar refractivity (Wildman–Crippen MR) is 87.3 cm³/mol. The summed E-state index contributed by atoms with van der Waals surface area (Å²) in [6.45, 7) is 8.45. The molecular formula is C15H30ClN3O2. The molecule has 5 nitrogen and oxygen atoms in total. The van der Waals surface area contributed by atoms with Gasteiger partial charge in [-0.05, 0) is 19.8 Å². The zero-order valence-electron chi connectivity index (χ0n) is 13.6. The highest BCUT2D eigenvalue weighted by atomic mass is 35.5. The van der Waals surface area contributed by atoms with Gasteiger partial charge < -0.3 is 16.4 Å². The molecule has 0 spiro atoms. The lowest BCUT2D eigenvalue weighted by molar-refractivity contribution is -0.130. The van der Waals surface area contributed by atoms with Gasteiger partial charge in [0, 0.05) is 24.0 Å². The Morgan fingerprint density at radius 1 is 1.19 bits per heavy atom. The maximum atomic E-state index is 12.2. The fourth-order valence-electron chi connectivity index (χ4n) is 2.54. The summed E-state index contributed by atoms with van der Waals surface area (Å²) in [7, 11) is 0. The summed E-state index contributed by atoms with van der Waals surface area (Å²) >= 11 is 0. The van der Waals surface area contributed by atoms with Gasteiger partial charge in [0.15, 0.2) is 0 Å². The summed E-state index contributed by atoms with van der Waals surface area (Å²) in [6, 6.07) is 0. The molecule has 1 fully saturated rings. The van der Waals surface area contributed by atoms with Crippen molar-refractivity contribution in [3.63, 3.8) is 0 Å². The summed E-state index contributed by atoms with van der Waals surface area (Å²) in [6.07, 6.45) is 3.91. The van der Waals surface area contributed by atoms with E-state index < -0.39 is 11.0 Å². The molecule has 1 rings (SSSR count). The molecule has 0 radical (unpaired) electrons. The van der Waals surface area contributed by atoms with Crippen molar-refractivity contribution in [2.45, 2.75) is 58.9 Å². The van der Waals surface area contributed by atoms with Crippen LogP contribution in [0.2, 0.25) is 0 Å². The van der Waals surface area contributed by atoms with Crippen LogP contribution in [-0.4, -0.2) is 30.4 Å². The molecule has 0 aliphatic heterocycles. The number of carbonyl (C=O) groups excluding carboxylic acids is 2. The molecule has 1 aliphatic carbocycles. The molecule has 124 valence electrons. The summed E-state index contributed by atoms with van der Waals surface area (Å²) in [5.41, 5.74) is 5.40. The normalized spacial score (nSPS) is 25.7. The van der Waals surface area contributed by atoms with Crippen molar-refractivity contribution in [3.05, 3.63) is 0 Å². The quantitative estimate of drug-likeness (QED) is 0.688. The minimum absolute atomic E-state index is 0. The average molecular weight is 320 g/mol. The number of rotatable bonds is 4. The fourth-order valence-corrected chi connectivity index (χ4v) is 2.54. The first-order valence-corrected chi connectivity index (χ1v) is 7.49. The molecule has 6 heteroatoms. The Morgan fingerprint density at radius 2 is 1.76 bits per heavy atom. The minimum atomic E-state index is -0.406. The van der Waals surface area contributed by atoms with Crippen LogP contribution in [0.15, 0.2) is 0 Å². The second-order valence-corrected chi connectivity index (χ2v) is 7.10. The van der Waals surface area contributed by atoms with Gasteiger partial charge in [0.05, 0.1) is 5.92 Å². The van der Waals surface area contributed by atoms with Gasteiger partial charge in [0.25, 0.3) is 0 Å². The van der Waals surface area contributed by atoms with Crippen LogP contribution in [0.25, 0.3) is 0 Å². The van der Waals surface area contributed by atoms with Crippen LogP contribution >= 0.6 is 12.4 Å². The van der Waals surface area contributed by atoms with E-state index in [0.29, 0.717) is 13.1 Å². The van der Waals surface area contributed by atoms with Crippen LogP contribution in [0.4, 0.5) is 0 Å². The third-order valence-corrected chi connectivity index (χ3v) is 3.96. The van der Waals surface area contributed by atoms with E-state index in [4.69, 9.17) is 5.73 Å². The molecule has 0 aromatic carbocycles. The number of nitrogens with two attached hydrogens (primary N) is 1. The van der Waals surface area contributed by atoms with E-state index in [2.05, 4.69) is 10.6 Å². The Balaban J connectivity index is 0.00000400. The zero-order valence-corrected chi connectivity index (χ0v) is 14.4. The molecule has 4 N–H and O–H groups in total. The minimum Gasteiger partial charge on any atom is -0.354 e. The van der Waals surface area contributed by atoms with E-state index in [1.807, 2.05) is 27.7 Å².